The van der Waals surface area contributed by atoms with Crippen molar-refractivity contribution >= 4 is 0 Å². The smallest absolute Gasteiger partial charge is 0.126 e. The summed E-state index contributed by atoms with van der Waals surface area (Å²) < 4.78 is 11.5. The molecule has 1 N–H and O–H groups in total. The first kappa shape index (κ1) is 14.4. The zero-order valence-corrected chi connectivity index (χ0v) is 12.2. The van der Waals surface area contributed by atoms with Crippen LogP contribution in [0.4, 0.5) is 0 Å². The fourth-order valence-corrected chi connectivity index (χ4v) is 2.29. The van der Waals surface area contributed by atoms with E-state index in [4.69, 9.17) is 9.47 Å². The van der Waals surface area contributed by atoms with Crippen molar-refractivity contribution in [2.75, 3.05) is 19.8 Å². The Kier molecular flexibility index (Phi) is 5.23. The van der Waals surface area contributed by atoms with E-state index in [1.807, 2.05) is 0 Å². The highest BCUT2D eigenvalue weighted by atomic mass is 16.5. The first-order valence-corrected chi connectivity index (χ1v) is 7.19. The molecule has 1 aliphatic heterocycles. The zero-order chi connectivity index (χ0) is 13.7. The van der Waals surface area contributed by atoms with Gasteiger partial charge in [-0.05, 0) is 18.9 Å². The molecule has 0 radical (unpaired) electrons. The molecule has 0 bridgehead atoms. The maximum absolute atomic E-state index is 6.06. The molecule has 1 heterocycles. The third kappa shape index (κ3) is 4.22. The Hall–Kier alpha value is -1.06. The lowest BCUT2D eigenvalue weighted by molar-refractivity contribution is 0.166. The van der Waals surface area contributed by atoms with Crippen molar-refractivity contribution in [3.63, 3.8) is 0 Å². The van der Waals surface area contributed by atoms with E-state index < -0.39 is 0 Å². The van der Waals surface area contributed by atoms with Gasteiger partial charge in [0.15, 0.2) is 0 Å². The molecule has 1 aromatic carbocycles. The molecule has 1 aliphatic rings. The molecule has 2 rings (SSSR count). The molecule has 106 valence electrons. The van der Waals surface area contributed by atoms with Gasteiger partial charge in [-0.2, -0.15) is 0 Å². The molecule has 1 unspecified atom stereocenters. The lowest BCUT2D eigenvalue weighted by Crippen LogP contribution is -2.22. The maximum Gasteiger partial charge on any atom is 0.126 e. The fraction of sp³-hybridized carbons (Fsp3) is 0.625. The van der Waals surface area contributed by atoms with Crippen LogP contribution in [-0.4, -0.2) is 25.9 Å². The number of para-hydroxylation sites is 1. The van der Waals surface area contributed by atoms with Gasteiger partial charge < -0.3 is 14.8 Å². The van der Waals surface area contributed by atoms with Crippen molar-refractivity contribution in [3.05, 3.63) is 29.3 Å². The lowest BCUT2D eigenvalue weighted by Gasteiger charge is -2.17. The van der Waals surface area contributed by atoms with Gasteiger partial charge in [0.05, 0.1) is 13.2 Å². The van der Waals surface area contributed by atoms with E-state index in [0.29, 0.717) is 12.0 Å². The number of hydrogen-bond acceptors (Lipinski definition) is 3. The highest BCUT2D eigenvalue weighted by molar-refractivity contribution is 5.40. The van der Waals surface area contributed by atoms with Gasteiger partial charge in [-0.1, -0.05) is 32.0 Å². The van der Waals surface area contributed by atoms with Crippen molar-refractivity contribution in [1.29, 1.82) is 0 Å². The Balaban J connectivity index is 1.99. The van der Waals surface area contributed by atoms with E-state index in [1.54, 1.807) is 0 Å². The topological polar surface area (TPSA) is 30.5 Å². The van der Waals surface area contributed by atoms with Crippen LogP contribution in [-0.2, 0) is 11.3 Å². The van der Waals surface area contributed by atoms with Crippen LogP contribution in [0.5, 0.6) is 5.75 Å². The number of benzene rings is 1. The molecule has 3 nitrogen and oxygen atoms in total. The van der Waals surface area contributed by atoms with Crippen LogP contribution in [0.25, 0.3) is 0 Å². The summed E-state index contributed by atoms with van der Waals surface area (Å²) in [5.74, 6) is 1.59. The standard InChI is InChI=1S/C16H25NO2/c1-12(2)17-9-15-6-4-5-13(3)16(15)19-11-14-7-8-18-10-14/h4-6,12,14,17H,7-11H2,1-3H3. The van der Waals surface area contributed by atoms with Gasteiger partial charge in [-0.25, -0.2) is 0 Å². The van der Waals surface area contributed by atoms with Crippen molar-refractivity contribution in [2.24, 2.45) is 5.92 Å². The lowest BCUT2D eigenvalue weighted by atomic mass is 10.1. The zero-order valence-electron chi connectivity index (χ0n) is 12.2. The second-order valence-corrected chi connectivity index (χ2v) is 5.64. The molecule has 0 aliphatic carbocycles. The monoisotopic (exact) mass is 263 g/mol. The predicted octanol–water partition coefficient (Wildman–Crippen LogP) is 2.91. The Morgan fingerprint density at radius 2 is 2.26 bits per heavy atom. The summed E-state index contributed by atoms with van der Waals surface area (Å²) in [6, 6.07) is 6.83. The van der Waals surface area contributed by atoms with E-state index in [9.17, 15) is 0 Å². The van der Waals surface area contributed by atoms with E-state index >= 15 is 0 Å². The van der Waals surface area contributed by atoms with Crippen LogP contribution in [0.1, 0.15) is 31.4 Å². The van der Waals surface area contributed by atoms with Crippen molar-refractivity contribution < 1.29 is 9.47 Å². The summed E-state index contributed by atoms with van der Waals surface area (Å²) in [5.41, 5.74) is 2.45. The highest BCUT2D eigenvalue weighted by Crippen LogP contribution is 2.25. The third-order valence-electron chi connectivity index (χ3n) is 3.48. The SMILES string of the molecule is Cc1cccc(CNC(C)C)c1OCC1CCOC1. The number of nitrogens with one attached hydrogen (secondary N) is 1. The van der Waals surface area contributed by atoms with Crippen LogP contribution in [0.3, 0.4) is 0 Å². The Labute approximate surface area is 116 Å². The Morgan fingerprint density at radius 3 is 2.95 bits per heavy atom. The first-order valence-electron chi connectivity index (χ1n) is 7.19. The summed E-state index contributed by atoms with van der Waals surface area (Å²) in [4.78, 5) is 0. The second-order valence-electron chi connectivity index (χ2n) is 5.64. The second kappa shape index (κ2) is 6.92. The molecular weight excluding hydrogens is 238 g/mol. The van der Waals surface area contributed by atoms with Gasteiger partial charge in [0.2, 0.25) is 0 Å². The summed E-state index contributed by atoms with van der Waals surface area (Å²) in [6.07, 6.45) is 1.12. The molecule has 0 amide bonds. The molecule has 19 heavy (non-hydrogen) atoms. The average Bonchev–Trinajstić information content (AvgIpc) is 2.88. The largest absolute Gasteiger partial charge is 0.493 e. The first-order chi connectivity index (χ1) is 9.16. The molecule has 1 fully saturated rings. The number of rotatable bonds is 6. The summed E-state index contributed by atoms with van der Waals surface area (Å²) in [6.45, 7) is 9.77. The molecule has 1 atom stereocenters. The summed E-state index contributed by atoms with van der Waals surface area (Å²) >= 11 is 0. The van der Waals surface area contributed by atoms with Gasteiger partial charge >= 0.3 is 0 Å². The van der Waals surface area contributed by atoms with E-state index in [-0.39, 0.29) is 0 Å². The summed E-state index contributed by atoms with van der Waals surface area (Å²) in [5, 5.41) is 3.45. The van der Waals surface area contributed by atoms with Gasteiger partial charge in [-0.3, -0.25) is 0 Å². The van der Waals surface area contributed by atoms with Crippen LogP contribution in [0, 0.1) is 12.8 Å². The van der Waals surface area contributed by atoms with Crippen LogP contribution >= 0.6 is 0 Å². The number of aryl methyl sites for hydroxylation is 1. The Morgan fingerprint density at radius 1 is 1.42 bits per heavy atom. The van der Waals surface area contributed by atoms with Crippen LogP contribution < -0.4 is 10.1 Å². The molecule has 1 saturated heterocycles. The molecule has 3 heteroatoms. The van der Waals surface area contributed by atoms with E-state index in [1.165, 1.54) is 11.1 Å². The van der Waals surface area contributed by atoms with E-state index in [0.717, 1.165) is 38.5 Å². The minimum atomic E-state index is 0.483. The molecule has 0 aromatic heterocycles. The quantitative estimate of drug-likeness (QED) is 0.856. The molecule has 0 saturated carbocycles. The minimum absolute atomic E-state index is 0.483. The third-order valence-corrected chi connectivity index (χ3v) is 3.48. The molecule has 0 spiro atoms. The normalized spacial score (nSPS) is 19.1. The number of hydrogen-bond donors (Lipinski definition) is 1. The van der Waals surface area contributed by atoms with Crippen LogP contribution in [0.2, 0.25) is 0 Å². The highest BCUT2D eigenvalue weighted by Gasteiger charge is 2.17. The van der Waals surface area contributed by atoms with Crippen molar-refractivity contribution in [2.45, 2.75) is 39.8 Å². The fourth-order valence-electron chi connectivity index (χ4n) is 2.29. The minimum Gasteiger partial charge on any atom is -0.493 e. The van der Waals surface area contributed by atoms with Gasteiger partial charge in [0.1, 0.15) is 5.75 Å². The van der Waals surface area contributed by atoms with Gasteiger partial charge in [0, 0.05) is 30.7 Å². The predicted molar refractivity (Wildman–Crippen MR) is 77.6 cm³/mol. The average molecular weight is 263 g/mol. The van der Waals surface area contributed by atoms with Gasteiger partial charge in [-0.15, -0.1) is 0 Å². The summed E-state index contributed by atoms with van der Waals surface area (Å²) in [7, 11) is 0. The van der Waals surface area contributed by atoms with Crippen LogP contribution in [0.15, 0.2) is 18.2 Å². The molecule has 1 aromatic rings. The Bertz CT molecular complexity index is 398. The maximum atomic E-state index is 6.06. The molecular formula is C16H25NO2. The van der Waals surface area contributed by atoms with Crippen molar-refractivity contribution in [3.8, 4) is 5.75 Å². The van der Waals surface area contributed by atoms with Gasteiger partial charge in [0.25, 0.3) is 0 Å². The van der Waals surface area contributed by atoms with Crippen molar-refractivity contribution in [1.82, 2.24) is 5.32 Å². The van der Waals surface area contributed by atoms with E-state index in [2.05, 4.69) is 44.3 Å². The number of ether oxygens (including phenoxy) is 2.